The third-order valence-electron chi connectivity index (χ3n) is 3.50. The Morgan fingerprint density at radius 1 is 1.19 bits per heavy atom. The molecule has 0 spiro atoms. The fraction of sp³-hybridized carbons (Fsp3) is 0.278. The average molecular weight is 457 g/mol. The Hall–Kier alpha value is -1.51. The molecule has 0 saturated carbocycles. The molecule has 0 atom stereocenters. The number of benzene rings is 2. The number of halogens is 1. The zero-order valence-electron chi connectivity index (χ0n) is 14.6. The molecule has 0 aliphatic rings. The first-order valence-electron chi connectivity index (χ1n) is 7.95. The molecule has 0 aromatic heterocycles. The summed E-state index contributed by atoms with van der Waals surface area (Å²) in [4.78, 5) is 13.3. The van der Waals surface area contributed by atoms with E-state index in [9.17, 15) is 13.2 Å². The van der Waals surface area contributed by atoms with E-state index in [0.717, 1.165) is 19.9 Å². The van der Waals surface area contributed by atoms with E-state index < -0.39 is 10.0 Å². The quantitative estimate of drug-likeness (QED) is 0.487. The predicted octanol–water partition coefficient (Wildman–Crippen LogP) is 3.43. The van der Waals surface area contributed by atoms with Gasteiger partial charge >= 0.3 is 0 Å². The molecule has 2 aromatic carbocycles. The molecule has 8 heteroatoms. The lowest BCUT2D eigenvalue weighted by Crippen LogP contribution is -2.41. The van der Waals surface area contributed by atoms with Crippen LogP contribution in [-0.2, 0) is 14.8 Å². The Labute approximate surface area is 167 Å². The number of carbonyl (C=O) groups excluding carboxylic acids is 1. The van der Waals surface area contributed by atoms with Crippen LogP contribution in [0.4, 0.5) is 5.69 Å². The molecule has 0 aliphatic carbocycles. The van der Waals surface area contributed by atoms with Crippen molar-refractivity contribution in [3.8, 4) is 0 Å². The van der Waals surface area contributed by atoms with Gasteiger partial charge in [0.2, 0.25) is 15.9 Å². The third kappa shape index (κ3) is 6.66. The number of nitrogens with one attached hydrogen (secondary N) is 1. The van der Waals surface area contributed by atoms with Crippen molar-refractivity contribution in [2.75, 3.05) is 29.4 Å². The molecule has 5 nitrogen and oxygen atoms in total. The van der Waals surface area contributed by atoms with E-state index in [0.29, 0.717) is 18.0 Å². The van der Waals surface area contributed by atoms with Crippen molar-refractivity contribution in [2.24, 2.45) is 0 Å². The summed E-state index contributed by atoms with van der Waals surface area (Å²) in [5, 5.41) is 2.77. The minimum absolute atomic E-state index is 0.246. The van der Waals surface area contributed by atoms with Gasteiger partial charge in [0.15, 0.2) is 0 Å². The summed E-state index contributed by atoms with van der Waals surface area (Å²) in [7, 11) is -3.56. The van der Waals surface area contributed by atoms with Gasteiger partial charge in [0.1, 0.15) is 6.54 Å². The summed E-state index contributed by atoms with van der Waals surface area (Å²) in [6.45, 7) is 2.26. The van der Waals surface area contributed by atoms with Crippen LogP contribution in [0, 0.1) is 6.92 Å². The van der Waals surface area contributed by atoms with Crippen molar-refractivity contribution in [1.29, 1.82) is 0 Å². The smallest absolute Gasteiger partial charge is 0.240 e. The highest BCUT2D eigenvalue weighted by molar-refractivity contribution is 9.10. The number of hydrogen-bond acceptors (Lipinski definition) is 4. The molecule has 0 bridgehead atoms. The van der Waals surface area contributed by atoms with Gasteiger partial charge < -0.3 is 5.32 Å². The Balaban J connectivity index is 1.88. The molecule has 0 aliphatic heterocycles. The van der Waals surface area contributed by atoms with Crippen molar-refractivity contribution >= 4 is 49.3 Å². The second kappa shape index (κ2) is 9.43. The fourth-order valence-electron chi connectivity index (χ4n) is 2.21. The molecule has 0 radical (unpaired) electrons. The summed E-state index contributed by atoms with van der Waals surface area (Å²) in [6.07, 6.45) is 1.09. The van der Waals surface area contributed by atoms with E-state index in [2.05, 4.69) is 21.2 Å². The summed E-state index contributed by atoms with van der Waals surface area (Å²) >= 11 is 4.96. The normalized spacial score (nSPS) is 11.2. The fourth-order valence-corrected chi connectivity index (χ4v) is 4.22. The molecule has 26 heavy (non-hydrogen) atoms. The topological polar surface area (TPSA) is 66.5 Å². The molecule has 140 valence electrons. The highest BCUT2D eigenvalue weighted by Gasteiger charge is 2.20. The highest BCUT2D eigenvalue weighted by atomic mass is 79.9. The SMILES string of the molecule is Cc1ccc(SCCNC(=O)CN(c2cccc(Br)c2)S(C)(=O)=O)cc1. The van der Waals surface area contributed by atoms with Crippen LogP contribution in [0.25, 0.3) is 0 Å². The van der Waals surface area contributed by atoms with Gasteiger partial charge in [-0.1, -0.05) is 39.7 Å². The van der Waals surface area contributed by atoms with Crippen molar-refractivity contribution < 1.29 is 13.2 Å². The monoisotopic (exact) mass is 456 g/mol. The summed E-state index contributed by atoms with van der Waals surface area (Å²) in [6, 6.07) is 15.0. The predicted molar refractivity (Wildman–Crippen MR) is 111 cm³/mol. The van der Waals surface area contributed by atoms with Crippen LogP contribution in [0.15, 0.2) is 57.9 Å². The van der Waals surface area contributed by atoms with Gasteiger partial charge in [-0.25, -0.2) is 8.42 Å². The van der Waals surface area contributed by atoms with Crippen molar-refractivity contribution in [3.05, 3.63) is 58.6 Å². The average Bonchev–Trinajstić information content (AvgIpc) is 2.57. The van der Waals surface area contributed by atoms with Gasteiger partial charge in [-0.05, 0) is 37.3 Å². The molecule has 0 unspecified atom stereocenters. The molecule has 2 aromatic rings. The second-order valence-corrected chi connectivity index (χ2v) is 9.75. The van der Waals surface area contributed by atoms with E-state index in [-0.39, 0.29) is 12.5 Å². The van der Waals surface area contributed by atoms with E-state index in [1.807, 2.05) is 31.2 Å². The lowest BCUT2D eigenvalue weighted by Gasteiger charge is -2.22. The van der Waals surface area contributed by atoms with Gasteiger partial charge in [-0.2, -0.15) is 0 Å². The van der Waals surface area contributed by atoms with Gasteiger partial charge in [0.25, 0.3) is 0 Å². The van der Waals surface area contributed by atoms with Crippen LogP contribution in [0.5, 0.6) is 0 Å². The third-order valence-corrected chi connectivity index (χ3v) is 6.15. The Morgan fingerprint density at radius 2 is 1.88 bits per heavy atom. The highest BCUT2D eigenvalue weighted by Crippen LogP contribution is 2.22. The Kier molecular flexibility index (Phi) is 7.55. The lowest BCUT2D eigenvalue weighted by molar-refractivity contribution is -0.119. The number of nitrogens with zero attached hydrogens (tertiary/aromatic N) is 1. The van der Waals surface area contributed by atoms with Crippen LogP contribution >= 0.6 is 27.7 Å². The molecule has 2 rings (SSSR count). The number of anilines is 1. The van der Waals surface area contributed by atoms with Crippen LogP contribution in [0.1, 0.15) is 5.56 Å². The van der Waals surface area contributed by atoms with Crippen LogP contribution < -0.4 is 9.62 Å². The zero-order valence-corrected chi connectivity index (χ0v) is 17.8. The first-order chi connectivity index (χ1) is 12.3. The molecule has 0 saturated heterocycles. The van der Waals surface area contributed by atoms with Crippen molar-refractivity contribution in [2.45, 2.75) is 11.8 Å². The van der Waals surface area contributed by atoms with Crippen LogP contribution in [0.2, 0.25) is 0 Å². The van der Waals surface area contributed by atoms with Crippen molar-refractivity contribution in [1.82, 2.24) is 5.32 Å². The van der Waals surface area contributed by atoms with Gasteiger partial charge in [-0.15, -0.1) is 11.8 Å². The molecule has 1 N–H and O–H groups in total. The summed E-state index contributed by atoms with van der Waals surface area (Å²) in [5.74, 6) is 0.379. The number of amides is 1. The first-order valence-corrected chi connectivity index (χ1v) is 11.6. The van der Waals surface area contributed by atoms with Crippen molar-refractivity contribution in [3.63, 3.8) is 0 Å². The van der Waals surface area contributed by atoms with E-state index in [1.165, 1.54) is 5.56 Å². The van der Waals surface area contributed by atoms with Gasteiger partial charge in [0.05, 0.1) is 11.9 Å². The molecule has 0 fully saturated rings. The Morgan fingerprint density at radius 3 is 2.50 bits per heavy atom. The first kappa shape index (κ1) is 20.8. The number of thioether (sulfide) groups is 1. The maximum atomic E-state index is 12.2. The number of rotatable bonds is 8. The molecular formula is C18H21BrN2O3S2. The minimum atomic E-state index is -3.56. The standard InChI is InChI=1S/C18H21BrN2O3S2/c1-14-6-8-17(9-7-14)25-11-10-20-18(22)13-21(26(2,23)24)16-5-3-4-15(19)12-16/h3-9,12H,10-11,13H2,1-2H3,(H,20,22). The molecular weight excluding hydrogens is 436 g/mol. The largest absolute Gasteiger partial charge is 0.354 e. The lowest BCUT2D eigenvalue weighted by atomic mass is 10.2. The Bertz CT molecular complexity index is 855. The maximum Gasteiger partial charge on any atom is 0.240 e. The number of hydrogen-bond donors (Lipinski definition) is 1. The van der Waals surface area contributed by atoms with E-state index in [4.69, 9.17) is 0 Å². The number of sulfonamides is 1. The number of aryl methyl sites for hydroxylation is 1. The van der Waals surface area contributed by atoms with E-state index >= 15 is 0 Å². The van der Waals surface area contributed by atoms with Gasteiger partial charge in [0, 0.05) is 21.7 Å². The minimum Gasteiger partial charge on any atom is -0.354 e. The summed E-state index contributed by atoms with van der Waals surface area (Å²) < 4.78 is 25.9. The zero-order chi connectivity index (χ0) is 19.2. The van der Waals surface area contributed by atoms with Crippen LogP contribution in [0.3, 0.4) is 0 Å². The van der Waals surface area contributed by atoms with Gasteiger partial charge in [-0.3, -0.25) is 9.10 Å². The number of carbonyl (C=O) groups is 1. The summed E-state index contributed by atoms with van der Waals surface area (Å²) in [5.41, 5.74) is 1.65. The van der Waals surface area contributed by atoms with Crippen LogP contribution in [-0.4, -0.2) is 39.4 Å². The van der Waals surface area contributed by atoms with E-state index in [1.54, 1.807) is 36.0 Å². The maximum absolute atomic E-state index is 12.2. The second-order valence-electron chi connectivity index (χ2n) is 5.76. The molecule has 1 amide bonds. The molecule has 0 heterocycles.